The number of pyridine rings is 1. The van der Waals surface area contributed by atoms with Crippen LogP contribution in [-0.4, -0.2) is 58.6 Å². The van der Waals surface area contributed by atoms with Gasteiger partial charge in [-0.3, -0.25) is 4.57 Å². The minimum atomic E-state index is -1.16. The Labute approximate surface area is 186 Å². The fraction of sp³-hybridized carbons (Fsp3) is 0.333. The topological polar surface area (TPSA) is 141 Å². The van der Waals surface area contributed by atoms with Crippen LogP contribution in [0.3, 0.4) is 0 Å². The Hall–Kier alpha value is -3.05. The molecule has 11 heteroatoms. The van der Waals surface area contributed by atoms with Gasteiger partial charge in [-0.2, -0.15) is 0 Å². The molecule has 0 unspecified atom stereocenters. The van der Waals surface area contributed by atoms with Crippen molar-refractivity contribution < 1.29 is 19.7 Å². The van der Waals surface area contributed by atoms with Gasteiger partial charge in [0.25, 0.3) is 0 Å². The van der Waals surface area contributed by atoms with Gasteiger partial charge in [0.2, 0.25) is 0 Å². The number of nitrogens with two attached hydrogens (primary N) is 1. The lowest BCUT2D eigenvalue weighted by atomic mass is 9.73. The van der Waals surface area contributed by atoms with Crippen molar-refractivity contribution in [2.75, 3.05) is 5.73 Å². The van der Waals surface area contributed by atoms with Gasteiger partial charge in [-0.25, -0.2) is 19.9 Å². The molecule has 1 saturated carbocycles. The van der Waals surface area contributed by atoms with Gasteiger partial charge in [-0.15, -0.1) is 0 Å². The Kier molecular flexibility index (Phi) is 4.28. The highest BCUT2D eigenvalue weighted by Gasteiger charge is 2.62. The first-order valence-electron chi connectivity index (χ1n) is 10.1. The molecule has 1 aliphatic carbocycles. The highest BCUT2D eigenvalue weighted by molar-refractivity contribution is 6.29. The number of fused-ring (bicyclic) bond motifs is 2. The molecule has 4 heterocycles. The maximum Gasteiger partial charge on any atom is 0.167 e. The van der Waals surface area contributed by atoms with Crippen molar-refractivity contribution in [2.24, 2.45) is 0 Å². The Bertz CT molecular complexity index is 1340. The van der Waals surface area contributed by atoms with Crippen molar-refractivity contribution in [2.45, 2.75) is 43.0 Å². The zero-order valence-electron chi connectivity index (χ0n) is 16.7. The van der Waals surface area contributed by atoms with Crippen molar-refractivity contribution in [3.8, 4) is 5.75 Å². The molecular weight excluding hydrogens is 436 g/mol. The van der Waals surface area contributed by atoms with E-state index >= 15 is 0 Å². The van der Waals surface area contributed by atoms with Crippen LogP contribution in [0.2, 0.25) is 5.15 Å². The third-order valence-electron chi connectivity index (χ3n) is 6.25. The van der Waals surface area contributed by atoms with E-state index in [-0.39, 0.29) is 11.9 Å². The number of rotatable bonds is 3. The summed E-state index contributed by atoms with van der Waals surface area (Å²) in [5.74, 6) is 0.893. The first-order chi connectivity index (χ1) is 15.4. The Morgan fingerprint density at radius 1 is 1.16 bits per heavy atom. The predicted octanol–water partition coefficient (Wildman–Crippen LogP) is 1.84. The molecule has 0 radical (unpaired) electrons. The van der Waals surface area contributed by atoms with Crippen LogP contribution in [0.25, 0.3) is 22.1 Å². The fourth-order valence-electron chi connectivity index (χ4n) is 4.59. The summed E-state index contributed by atoms with van der Waals surface area (Å²) in [6.07, 6.45) is 0.385. The summed E-state index contributed by atoms with van der Waals surface area (Å²) in [6.45, 7) is 0. The second-order valence-electron chi connectivity index (χ2n) is 8.23. The van der Waals surface area contributed by atoms with Gasteiger partial charge >= 0.3 is 0 Å². The molecule has 2 fully saturated rings. The van der Waals surface area contributed by atoms with Gasteiger partial charge < -0.3 is 25.4 Å². The van der Waals surface area contributed by atoms with Crippen LogP contribution in [0.5, 0.6) is 5.75 Å². The normalized spacial score (nSPS) is 29.6. The van der Waals surface area contributed by atoms with E-state index in [1.54, 1.807) is 10.6 Å². The molecule has 4 N–H and O–H groups in total. The smallest absolute Gasteiger partial charge is 0.167 e. The van der Waals surface area contributed by atoms with Gasteiger partial charge in [0.05, 0.1) is 11.8 Å². The quantitative estimate of drug-likeness (QED) is 0.395. The van der Waals surface area contributed by atoms with E-state index in [9.17, 15) is 10.2 Å². The number of halogens is 1. The van der Waals surface area contributed by atoms with Gasteiger partial charge in [-0.05, 0) is 24.3 Å². The average Bonchev–Trinajstić information content (AvgIpc) is 3.29. The number of hydrogen-bond acceptors (Lipinski definition) is 9. The molecule has 164 valence electrons. The molecule has 0 amide bonds. The first-order valence-corrected chi connectivity index (χ1v) is 10.5. The zero-order valence-corrected chi connectivity index (χ0v) is 17.4. The number of nitrogen functional groups attached to an aromatic ring is 1. The SMILES string of the molecule is Nc1ncnc2c1ncn2[C@@H]1OC2(CC(Oc3ccc4ccc(Cl)nc4c3)C2)[C@@H](O)[C@H]1O. The molecule has 4 aromatic rings. The van der Waals surface area contributed by atoms with E-state index in [0.717, 1.165) is 10.9 Å². The Balaban J connectivity index is 1.20. The van der Waals surface area contributed by atoms with Gasteiger partial charge in [-0.1, -0.05) is 11.6 Å². The molecule has 3 aromatic heterocycles. The summed E-state index contributed by atoms with van der Waals surface area (Å²) in [5, 5.41) is 22.9. The summed E-state index contributed by atoms with van der Waals surface area (Å²) in [6, 6.07) is 9.26. The van der Waals surface area contributed by atoms with Crippen LogP contribution in [0.1, 0.15) is 19.1 Å². The molecule has 1 aromatic carbocycles. The number of imidazole rings is 1. The molecule has 6 rings (SSSR count). The van der Waals surface area contributed by atoms with Crippen molar-refractivity contribution in [3.63, 3.8) is 0 Å². The van der Waals surface area contributed by atoms with E-state index in [4.69, 9.17) is 26.8 Å². The van der Waals surface area contributed by atoms with E-state index in [1.807, 2.05) is 24.3 Å². The van der Waals surface area contributed by atoms with E-state index < -0.39 is 24.0 Å². The number of nitrogens with zero attached hydrogens (tertiary/aromatic N) is 5. The second kappa shape index (κ2) is 6.97. The summed E-state index contributed by atoms with van der Waals surface area (Å²) in [4.78, 5) is 16.6. The Morgan fingerprint density at radius 3 is 2.81 bits per heavy atom. The van der Waals surface area contributed by atoms with Crippen molar-refractivity contribution in [1.82, 2.24) is 24.5 Å². The highest BCUT2D eigenvalue weighted by atomic mass is 35.5. The van der Waals surface area contributed by atoms with Crippen LogP contribution in [0, 0.1) is 0 Å². The van der Waals surface area contributed by atoms with Crippen LogP contribution in [-0.2, 0) is 4.74 Å². The summed E-state index contributed by atoms with van der Waals surface area (Å²) in [5.41, 5.74) is 6.52. The first kappa shape index (κ1) is 19.6. The van der Waals surface area contributed by atoms with Crippen molar-refractivity contribution in [3.05, 3.63) is 48.1 Å². The van der Waals surface area contributed by atoms with Crippen LogP contribution < -0.4 is 10.5 Å². The number of benzene rings is 1. The molecule has 2 aliphatic rings. The summed E-state index contributed by atoms with van der Waals surface area (Å²) >= 11 is 5.99. The Morgan fingerprint density at radius 2 is 1.97 bits per heavy atom. The number of hydrogen-bond donors (Lipinski definition) is 3. The molecule has 3 atom stereocenters. The van der Waals surface area contributed by atoms with Crippen LogP contribution in [0.4, 0.5) is 5.82 Å². The molecule has 10 nitrogen and oxygen atoms in total. The van der Waals surface area contributed by atoms with E-state index in [2.05, 4.69) is 19.9 Å². The summed E-state index contributed by atoms with van der Waals surface area (Å²) < 4.78 is 13.8. The molecule has 0 bridgehead atoms. The number of anilines is 1. The van der Waals surface area contributed by atoms with Crippen molar-refractivity contribution >= 4 is 39.5 Å². The largest absolute Gasteiger partial charge is 0.490 e. The minimum absolute atomic E-state index is 0.176. The van der Waals surface area contributed by atoms with Gasteiger partial charge in [0, 0.05) is 24.3 Å². The monoisotopic (exact) mass is 454 g/mol. The standard InChI is InChI=1S/C21H19ClN6O4/c22-14-4-2-10-1-3-11(5-13(10)27-14)31-12-6-21(7-12)17(30)16(29)20(32-21)28-9-26-15-18(23)24-8-25-19(15)28/h1-5,8-9,12,16-17,20,29-30H,6-7H2,(H2,23,24,25)/t12?,16-,17+,20-,21?/m1/s1. The predicted molar refractivity (Wildman–Crippen MR) is 115 cm³/mol. The number of ether oxygens (including phenoxy) is 2. The lowest BCUT2D eigenvalue weighted by molar-refractivity contribution is -0.182. The maximum absolute atomic E-state index is 10.8. The number of aliphatic hydroxyl groups is 2. The van der Waals surface area contributed by atoms with E-state index in [0.29, 0.717) is 34.9 Å². The second-order valence-corrected chi connectivity index (χ2v) is 8.62. The lowest BCUT2D eigenvalue weighted by Gasteiger charge is -2.45. The summed E-state index contributed by atoms with van der Waals surface area (Å²) in [7, 11) is 0. The minimum Gasteiger partial charge on any atom is -0.490 e. The molecular formula is C21H19ClN6O4. The number of aliphatic hydroxyl groups excluding tert-OH is 2. The lowest BCUT2D eigenvalue weighted by Crippen LogP contribution is -2.57. The highest BCUT2D eigenvalue weighted by Crippen LogP contribution is 2.50. The van der Waals surface area contributed by atoms with Crippen molar-refractivity contribution in [1.29, 1.82) is 0 Å². The average molecular weight is 455 g/mol. The van der Waals surface area contributed by atoms with Crippen LogP contribution >= 0.6 is 11.6 Å². The third-order valence-corrected chi connectivity index (χ3v) is 6.46. The van der Waals surface area contributed by atoms with E-state index in [1.165, 1.54) is 12.7 Å². The third kappa shape index (κ3) is 2.91. The van der Waals surface area contributed by atoms with Crippen LogP contribution in [0.15, 0.2) is 43.0 Å². The molecule has 1 aliphatic heterocycles. The maximum atomic E-state index is 10.8. The zero-order chi connectivity index (χ0) is 22.0. The number of aromatic nitrogens is 5. The molecule has 1 saturated heterocycles. The fourth-order valence-corrected chi connectivity index (χ4v) is 4.75. The molecule has 1 spiro atoms. The van der Waals surface area contributed by atoms with Gasteiger partial charge in [0.1, 0.15) is 46.7 Å². The molecule has 32 heavy (non-hydrogen) atoms. The van der Waals surface area contributed by atoms with Gasteiger partial charge in [0.15, 0.2) is 17.7 Å².